The quantitative estimate of drug-likeness (QED) is 0.646. The Balaban J connectivity index is 3.22. The van der Waals surface area contributed by atoms with Gasteiger partial charge in [-0.15, -0.1) is 0 Å². The molecule has 0 spiro atoms. The molecular weight excluding hydrogens is 170 g/mol. The fraction of sp³-hybridized carbons (Fsp3) is 0.375. The number of anilines is 1. The second-order valence-corrected chi connectivity index (χ2v) is 4.19. The van der Waals surface area contributed by atoms with Crippen molar-refractivity contribution in [3.8, 4) is 6.07 Å². The first kappa shape index (κ1) is 9.01. The van der Waals surface area contributed by atoms with Gasteiger partial charge in [-0.2, -0.15) is 17.9 Å². The zero-order valence-corrected chi connectivity index (χ0v) is 7.97. The first-order valence-electron chi connectivity index (χ1n) is 3.56. The van der Waals surface area contributed by atoms with Crippen molar-refractivity contribution in [3.63, 3.8) is 0 Å². The number of hydrogen-bond acceptors (Lipinski definition) is 3. The minimum Gasteiger partial charge on any atom is -0.384 e. The van der Waals surface area contributed by atoms with E-state index < -0.39 is 0 Å². The maximum Gasteiger partial charge on any atom is 0.122 e. The molecule has 1 heterocycles. The van der Waals surface area contributed by atoms with E-state index in [1.54, 1.807) is 16.8 Å². The Labute approximate surface area is 77.2 Å². The van der Waals surface area contributed by atoms with Crippen LogP contribution in [-0.2, 0) is 4.87 Å². The zero-order valence-electron chi connectivity index (χ0n) is 7.07. The second-order valence-electron chi connectivity index (χ2n) is 3.09. The van der Waals surface area contributed by atoms with Crippen molar-refractivity contribution in [3.05, 3.63) is 17.8 Å². The molecule has 4 heteroatoms. The van der Waals surface area contributed by atoms with Crippen LogP contribution in [0.4, 0.5) is 5.82 Å². The Bertz CT molecular complexity index is 327. The third kappa shape index (κ3) is 1.41. The SMILES string of the molecule is CC(C)(S)n1ccc(C#N)c1N. The standard InChI is InChI=1S/C8H11N3S/c1-8(2,12)11-4-3-6(5-9)7(11)10/h3-4,12H,10H2,1-2H3. The largest absolute Gasteiger partial charge is 0.384 e. The highest BCUT2D eigenvalue weighted by Crippen LogP contribution is 2.25. The fourth-order valence-electron chi connectivity index (χ4n) is 1.02. The molecule has 0 aliphatic rings. The van der Waals surface area contributed by atoms with E-state index in [1.165, 1.54) is 0 Å². The number of thiol groups is 1. The summed E-state index contributed by atoms with van der Waals surface area (Å²) in [5.41, 5.74) is 6.19. The number of hydrogen-bond donors (Lipinski definition) is 2. The normalized spacial score (nSPS) is 11.2. The van der Waals surface area contributed by atoms with Gasteiger partial charge in [0.2, 0.25) is 0 Å². The Hall–Kier alpha value is -1.08. The van der Waals surface area contributed by atoms with Gasteiger partial charge in [-0.25, -0.2) is 0 Å². The van der Waals surface area contributed by atoms with Gasteiger partial charge in [-0.1, -0.05) is 0 Å². The van der Waals surface area contributed by atoms with Gasteiger partial charge in [0, 0.05) is 6.20 Å². The monoisotopic (exact) mass is 181 g/mol. The summed E-state index contributed by atoms with van der Waals surface area (Å²) < 4.78 is 1.76. The van der Waals surface area contributed by atoms with Gasteiger partial charge in [-0.3, -0.25) is 0 Å². The smallest absolute Gasteiger partial charge is 0.122 e. The summed E-state index contributed by atoms with van der Waals surface area (Å²) in [5.74, 6) is 0.470. The summed E-state index contributed by atoms with van der Waals surface area (Å²) in [7, 11) is 0. The molecule has 0 radical (unpaired) electrons. The van der Waals surface area contributed by atoms with E-state index in [1.807, 2.05) is 19.9 Å². The number of aromatic nitrogens is 1. The molecule has 0 amide bonds. The van der Waals surface area contributed by atoms with Crippen molar-refractivity contribution in [1.29, 1.82) is 5.26 Å². The number of nitrogens with zero attached hydrogens (tertiary/aromatic N) is 2. The maximum absolute atomic E-state index is 8.63. The van der Waals surface area contributed by atoms with Gasteiger partial charge < -0.3 is 10.3 Å². The molecule has 0 aliphatic carbocycles. The Morgan fingerprint density at radius 3 is 2.50 bits per heavy atom. The first-order chi connectivity index (χ1) is 5.46. The highest BCUT2D eigenvalue weighted by atomic mass is 32.1. The lowest BCUT2D eigenvalue weighted by atomic mass is 10.3. The minimum absolute atomic E-state index is 0.362. The van der Waals surface area contributed by atoms with Crippen LogP contribution in [-0.4, -0.2) is 4.57 Å². The summed E-state index contributed by atoms with van der Waals surface area (Å²) in [6.45, 7) is 3.82. The number of rotatable bonds is 1. The van der Waals surface area contributed by atoms with Crippen LogP contribution in [0.25, 0.3) is 0 Å². The average molecular weight is 181 g/mol. The van der Waals surface area contributed by atoms with Crippen LogP contribution in [0, 0.1) is 11.3 Å². The van der Waals surface area contributed by atoms with E-state index >= 15 is 0 Å². The van der Waals surface area contributed by atoms with Gasteiger partial charge in [0.15, 0.2) is 0 Å². The molecule has 3 nitrogen and oxygen atoms in total. The minimum atomic E-state index is -0.362. The zero-order chi connectivity index (χ0) is 9.35. The molecule has 0 bridgehead atoms. The third-order valence-corrected chi connectivity index (χ3v) is 1.85. The predicted molar refractivity (Wildman–Crippen MR) is 51.9 cm³/mol. The topological polar surface area (TPSA) is 54.7 Å². The van der Waals surface area contributed by atoms with E-state index in [-0.39, 0.29) is 4.87 Å². The van der Waals surface area contributed by atoms with Gasteiger partial charge >= 0.3 is 0 Å². The van der Waals surface area contributed by atoms with Crippen molar-refractivity contribution in [2.75, 3.05) is 5.73 Å². The van der Waals surface area contributed by atoms with Crippen LogP contribution in [0.3, 0.4) is 0 Å². The fourth-order valence-corrected chi connectivity index (χ4v) is 1.19. The van der Waals surface area contributed by atoms with E-state index in [4.69, 9.17) is 11.0 Å². The van der Waals surface area contributed by atoms with E-state index in [9.17, 15) is 0 Å². The second kappa shape index (κ2) is 2.76. The van der Waals surface area contributed by atoms with Crippen molar-refractivity contribution >= 4 is 18.4 Å². The van der Waals surface area contributed by atoms with Gasteiger partial charge in [0.25, 0.3) is 0 Å². The van der Waals surface area contributed by atoms with Gasteiger partial charge in [-0.05, 0) is 19.9 Å². The molecule has 12 heavy (non-hydrogen) atoms. The lowest BCUT2D eigenvalue weighted by Gasteiger charge is -2.21. The Kier molecular flexibility index (Phi) is 2.07. The van der Waals surface area contributed by atoms with Crippen LogP contribution in [0.15, 0.2) is 12.3 Å². The molecule has 0 unspecified atom stereocenters. The lowest BCUT2D eigenvalue weighted by molar-refractivity contribution is 0.552. The van der Waals surface area contributed by atoms with Crippen molar-refractivity contribution in [2.24, 2.45) is 0 Å². The first-order valence-corrected chi connectivity index (χ1v) is 4.01. The molecular formula is C8H11N3S. The number of nitrogen functional groups attached to an aromatic ring is 1. The van der Waals surface area contributed by atoms with E-state index in [0.717, 1.165) is 0 Å². The lowest BCUT2D eigenvalue weighted by Crippen LogP contribution is -2.19. The van der Waals surface area contributed by atoms with Gasteiger partial charge in [0.05, 0.1) is 10.4 Å². The summed E-state index contributed by atoms with van der Waals surface area (Å²) in [6, 6.07) is 3.70. The molecule has 64 valence electrons. The van der Waals surface area contributed by atoms with Crippen molar-refractivity contribution < 1.29 is 0 Å². The molecule has 0 saturated heterocycles. The van der Waals surface area contributed by atoms with Gasteiger partial charge in [0.1, 0.15) is 11.9 Å². The van der Waals surface area contributed by atoms with Crippen LogP contribution in [0.2, 0.25) is 0 Å². The average Bonchev–Trinajstić information content (AvgIpc) is 2.29. The third-order valence-electron chi connectivity index (χ3n) is 1.64. The molecule has 0 aromatic carbocycles. The van der Waals surface area contributed by atoms with Crippen LogP contribution in [0.1, 0.15) is 19.4 Å². The molecule has 2 N–H and O–H groups in total. The van der Waals surface area contributed by atoms with Crippen LogP contribution < -0.4 is 5.73 Å². The molecule has 0 aliphatic heterocycles. The highest BCUT2D eigenvalue weighted by molar-refractivity contribution is 7.81. The molecule has 1 aromatic heterocycles. The molecule has 1 aromatic rings. The van der Waals surface area contributed by atoms with Crippen LogP contribution >= 0.6 is 12.6 Å². The van der Waals surface area contributed by atoms with Crippen molar-refractivity contribution in [1.82, 2.24) is 4.57 Å². The number of nitrogens with two attached hydrogens (primary N) is 1. The Morgan fingerprint density at radius 2 is 2.25 bits per heavy atom. The molecule has 0 fully saturated rings. The maximum atomic E-state index is 8.63. The predicted octanol–water partition coefficient (Wildman–Crippen LogP) is 1.56. The summed E-state index contributed by atoms with van der Waals surface area (Å²) >= 11 is 4.34. The Morgan fingerprint density at radius 1 is 1.67 bits per heavy atom. The summed E-state index contributed by atoms with van der Waals surface area (Å²) in [6.07, 6.45) is 1.76. The summed E-state index contributed by atoms with van der Waals surface area (Å²) in [4.78, 5) is -0.362. The summed E-state index contributed by atoms with van der Waals surface area (Å²) in [5, 5.41) is 8.63. The number of nitriles is 1. The van der Waals surface area contributed by atoms with E-state index in [2.05, 4.69) is 12.6 Å². The highest BCUT2D eigenvalue weighted by Gasteiger charge is 2.17. The molecule has 1 rings (SSSR count). The molecule has 0 atom stereocenters. The van der Waals surface area contributed by atoms with Crippen LogP contribution in [0.5, 0.6) is 0 Å². The molecule has 0 saturated carbocycles. The van der Waals surface area contributed by atoms with Crippen molar-refractivity contribution in [2.45, 2.75) is 18.7 Å². The van der Waals surface area contributed by atoms with E-state index in [0.29, 0.717) is 11.4 Å².